The molecule has 0 fully saturated rings. The number of amides is 2. The average molecular weight is 695 g/mol. The molecule has 4 aromatic rings. The zero-order valence-corrected chi connectivity index (χ0v) is 29.7. The molecule has 4 aromatic carbocycles. The summed E-state index contributed by atoms with van der Waals surface area (Å²) >= 11 is 13.2. The topological polar surface area (TPSA) is 86.8 Å². The Morgan fingerprint density at radius 2 is 1.47 bits per heavy atom. The second-order valence-electron chi connectivity index (χ2n) is 11.8. The van der Waals surface area contributed by atoms with Crippen molar-refractivity contribution in [2.75, 3.05) is 10.8 Å². The van der Waals surface area contributed by atoms with Crippen LogP contribution >= 0.6 is 23.2 Å². The molecule has 0 bridgehead atoms. The summed E-state index contributed by atoms with van der Waals surface area (Å²) in [6.45, 7) is 8.86. The van der Waals surface area contributed by atoms with E-state index in [0.717, 1.165) is 26.6 Å². The van der Waals surface area contributed by atoms with Crippen LogP contribution in [-0.4, -0.2) is 43.8 Å². The molecule has 2 amide bonds. The standard InChI is InChI=1S/C37H41Cl2N3O4S/c1-6-28(5)40-37(44)35(22-29-11-8-7-9-12-29)41(23-32-33(38)13-10-14-34(32)39)36(43)24-42(30-18-17-26(3)27(4)21-30)47(45,46)31-19-15-25(2)16-20-31/h7-21,28,35H,6,22-24H2,1-5H3,(H,40,44)/t28-,35-/m0/s1. The number of carbonyl (C=O) groups is 2. The van der Waals surface area contributed by atoms with E-state index in [2.05, 4.69) is 5.32 Å². The van der Waals surface area contributed by atoms with Crippen molar-refractivity contribution >= 4 is 50.7 Å². The fourth-order valence-corrected chi connectivity index (χ4v) is 7.02. The number of aryl methyl sites for hydroxylation is 3. The summed E-state index contributed by atoms with van der Waals surface area (Å²) in [5.41, 5.74) is 4.37. The van der Waals surface area contributed by atoms with Crippen LogP contribution in [0.1, 0.15) is 48.1 Å². The Kier molecular flexibility index (Phi) is 12.1. The number of nitrogens with zero attached hydrogens (tertiary/aromatic N) is 2. The lowest BCUT2D eigenvalue weighted by Crippen LogP contribution is -2.54. The number of hydrogen-bond donors (Lipinski definition) is 1. The van der Waals surface area contributed by atoms with Crippen molar-refractivity contribution in [1.29, 1.82) is 0 Å². The molecule has 4 rings (SSSR count). The molecule has 0 aromatic heterocycles. The Morgan fingerprint density at radius 1 is 0.830 bits per heavy atom. The van der Waals surface area contributed by atoms with E-state index in [1.165, 1.54) is 17.0 Å². The van der Waals surface area contributed by atoms with Crippen LogP contribution in [0.15, 0.2) is 95.9 Å². The fraction of sp³-hybridized carbons (Fsp3) is 0.297. The highest BCUT2D eigenvalue weighted by Crippen LogP contribution is 2.30. The molecule has 0 aliphatic carbocycles. The maximum absolute atomic E-state index is 14.7. The number of carbonyl (C=O) groups excluding carboxylic acids is 2. The third kappa shape index (κ3) is 8.95. The van der Waals surface area contributed by atoms with Gasteiger partial charge in [0.1, 0.15) is 12.6 Å². The first kappa shape index (κ1) is 36.0. The van der Waals surface area contributed by atoms with Gasteiger partial charge in [-0.25, -0.2) is 8.42 Å². The van der Waals surface area contributed by atoms with E-state index in [1.54, 1.807) is 42.5 Å². The normalized spacial score (nSPS) is 12.7. The number of rotatable bonds is 13. The third-order valence-corrected chi connectivity index (χ3v) is 10.8. The second kappa shape index (κ2) is 15.8. The van der Waals surface area contributed by atoms with Gasteiger partial charge in [0.15, 0.2) is 0 Å². The lowest BCUT2D eigenvalue weighted by Gasteiger charge is -2.34. The quantitative estimate of drug-likeness (QED) is 0.156. The highest BCUT2D eigenvalue weighted by atomic mass is 35.5. The van der Waals surface area contributed by atoms with Crippen molar-refractivity contribution in [3.63, 3.8) is 0 Å². The van der Waals surface area contributed by atoms with Crippen LogP contribution < -0.4 is 9.62 Å². The van der Waals surface area contributed by atoms with E-state index < -0.39 is 28.5 Å². The number of halogens is 2. The molecular weight excluding hydrogens is 653 g/mol. The molecule has 248 valence electrons. The molecule has 0 spiro atoms. The molecule has 7 nitrogen and oxygen atoms in total. The van der Waals surface area contributed by atoms with Crippen LogP contribution in [0.2, 0.25) is 10.0 Å². The smallest absolute Gasteiger partial charge is 0.264 e. The molecule has 10 heteroatoms. The van der Waals surface area contributed by atoms with Crippen LogP contribution in [0, 0.1) is 20.8 Å². The first-order valence-electron chi connectivity index (χ1n) is 15.5. The predicted molar refractivity (Wildman–Crippen MR) is 190 cm³/mol. The minimum absolute atomic E-state index is 0.0465. The van der Waals surface area contributed by atoms with E-state index in [0.29, 0.717) is 27.7 Å². The van der Waals surface area contributed by atoms with E-state index in [4.69, 9.17) is 23.2 Å². The molecule has 0 heterocycles. The van der Waals surface area contributed by atoms with Crippen molar-refractivity contribution in [2.24, 2.45) is 0 Å². The zero-order chi connectivity index (χ0) is 34.3. The molecule has 2 atom stereocenters. The van der Waals surface area contributed by atoms with Gasteiger partial charge in [0.2, 0.25) is 11.8 Å². The number of sulfonamides is 1. The maximum atomic E-state index is 14.7. The minimum Gasteiger partial charge on any atom is -0.352 e. The Bertz CT molecular complexity index is 1800. The van der Waals surface area contributed by atoms with E-state index in [1.807, 2.05) is 71.0 Å². The van der Waals surface area contributed by atoms with Gasteiger partial charge in [0.05, 0.1) is 10.6 Å². The summed E-state index contributed by atoms with van der Waals surface area (Å²) in [6, 6.07) is 25.0. The first-order chi connectivity index (χ1) is 22.3. The lowest BCUT2D eigenvalue weighted by molar-refractivity contribution is -0.140. The Labute approximate surface area is 288 Å². The van der Waals surface area contributed by atoms with Crippen molar-refractivity contribution in [3.05, 3.63) is 129 Å². The molecule has 47 heavy (non-hydrogen) atoms. The largest absolute Gasteiger partial charge is 0.352 e. The van der Waals surface area contributed by atoms with Gasteiger partial charge >= 0.3 is 0 Å². The number of hydrogen-bond acceptors (Lipinski definition) is 4. The van der Waals surface area contributed by atoms with E-state index in [-0.39, 0.29) is 29.8 Å². The monoisotopic (exact) mass is 693 g/mol. The van der Waals surface area contributed by atoms with Gasteiger partial charge in [-0.1, -0.05) is 90.3 Å². The Balaban J connectivity index is 1.86. The van der Waals surface area contributed by atoms with Crippen molar-refractivity contribution < 1.29 is 18.0 Å². The van der Waals surface area contributed by atoms with Gasteiger partial charge in [-0.05, 0) is 87.2 Å². The predicted octanol–water partition coefficient (Wildman–Crippen LogP) is 7.67. The summed E-state index contributed by atoms with van der Waals surface area (Å²) in [4.78, 5) is 30.1. The molecule has 0 unspecified atom stereocenters. The summed E-state index contributed by atoms with van der Waals surface area (Å²) in [7, 11) is -4.21. The molecular formula is C37H41Cl2N3O4S. The van der Waals surface area contributed by atoms with Crippen molar-refractivity contribution in [3.8, 4) is 0 Å². The van der Waals surface area contributed by atoms with Crippen LogP contribution in [0.25, 0.3) is 0 Å². The van der Waals surface area contributed by atoms with E-state index in [9.17, 15) is 18.0 Å². The second-order valence-corrected chi connectivity index (χ2v) is 14.5. The summed E-state index contributed by atoms with van der Waals surface area (Å²) in [5.74, 6) is -0.950. The van der Waals surface area contributed by atoms with Crippen LogP contribution in [0.4, 0.5) is 5.69 Å². The number of anilines is 1. The van der Waals surface area contributed by atoms with Gasteiger partial charge in [-0.15, -0.1) is 0 Å². The first-order valence-corrected chi connectivity index (χ1v) is 17.7. The maximum Gasteiger partial charge on any atom is 0.264 e. The molecule has 0 saturated heterocycles. The number of benzene rings is 4. The van der Waals surface area contributed by atoms with Crippen molar-refractivity contribution in [1.82, 2.24) is 10.2 Å². The number of nitrogens with one attached hydrogen (secondary N) is 1. The average Bonchev–Trinajstić information content (AvgIpc) is 3.04. The summed E-state index contributed by atoms with van der Waals surface area (Å²) in [5, 5.41) is 3.69. The van der Waals surface area contributed by atoms with E-state index >= 15 is 0 Å². The minimum atomic E-state index is -4.21. The zero-order valence-electron chi connectivity index (χ0n) is 27.3. The van der Waals surface area contributed by atoms with Gasteiger partial charge in [-0.3, -0.25) is 13.9 Å². The van der Waals surface area contributed by atoms with Gasteiger partial charge < -0.3 is 10.2 Å². The molecule has 0 aliphatic rings. The summed E-state index contributed by atoms with van der Waals surface area (Å²) in [6.07, 6.45) is 0.870. The van der Waals surface area contributed by atoms with Gasteiger partial charge in [0, 0.05) is 34.6 Å². The highest BCUT2D eigenvalue weighted by Gasteiger charge is 2.35. The Morgan fingerprint density at radius 3 is 2.06 bits per heavy atom. The fourth-order valence-electron chi connectivity index (χ4n) is 5.10. The van der Waals surface area contributed by atoms with Crippen LogP contribution in [0.5, 0.6) is 0 Å². The van der Waals surface area contributed by atoms with Crippen LogP contribution in [0.3, 0.4) is 0 Å². The van der Waals surface area contributed by atoms with Crippen molar-refractivity contribution in [2.45, 2.75) is 71.0 Å². The lowest BCUT2D eigenvalue weighted by atomic mass is 10.0. The summed E-state index contributed by atoms with van der Waals surface area (Å²) < 4.78 is 29.7. The van der Waals surface area contributed by atoms with Gasteiger partial charge in [0.25, 0.3) is 10.0 Å². The molecule has 0 radical (unpaired) electrons. The molecule has 0 aliphatic heterocycles. The molecule has 1 N–H and O–H groups in total. The third-order valence-electron chi connectivity index (χ3n) is 8.33. The van der Waals surface area contributed by atoms with Gasteiger partial charge in [-0.2, -0.15) is 0 Å². The SMILES string of the molecule is CC[C@H](C)NC(=O)[C@H](Cc1ccccc1)N(Cc1c(Cl)cccc1Cl)C(=O)CN(c1ccc(C)c(C)c1)S(=O)(=O)c1ccc(C)cc1. The Hall–Kier alpha value is -3.85. The molecule has 0 saturated carbocycles. The van der Waals surface area contributed by atoms with Crippen LogP contribution in [-0.2, 0) is 32.6 Å². The highest BCUT2D eigenvalue weighted by molar-refractivity contribution is 7.92.